The number of ether oxygens (including phenoxy) is 1. The summed E-state index contributed by atoms with van der Waals surface area (Å²) in [7, 11) is 0. The van der Waals surface area contributed by atoms with Gasteiger partial charge in [0.15, 0.2) is 0 Å². The Balaban J connectivity index is 1.70. The molecule has 5 heteroatoms. The highest BCUT2D eigenvalue weighted by Crippen LogP contribution is 2.20. The summed E-state index contributed by atoms with van der Waals surface area (Å²) in [5.41, 5.74) is 0.942. The molecule has 0 aliphatic carbocycles. The van der Waals surface area contributed by atoms with Crippen LogP contribution in [0, 0.1) is 0 Å². The molecule has 0 amide bonds. The molecule has 0 heterocycles. The predicted octanol–water partition coefficient (Wildman–Crippen LogP) is 3.52. The van der Waals surface area contributed by atoms with Gasteiger partial charge in [0, 0.05) is 23.1 Å². The third-order valence-corrected chi connectivity index (χ3v) is 3.48. The molecular weight excluding hydrogens is 309 g/mol. The fraction of sp³-hybridized carbons (Fsp3) is 0.250. The second-order valence-corrected chi connectivity index (χ2v) is 5.49. The second kappa shape index (κ2) is 8.25. The number of hydrogen-bond donors (Lipinski definition) is 2. The van der Waals surface area contributed by atoms with E-state index < -0.39 is 6.10 Å². The maximum atomic E-state index is 9.86. The Kier molecular flexibility index (Phi) is 6.33. The maximum Gasteiger partial charge on any atom is 0.119 e. The van der Waals surface area contributed by atoms with Crippen LogP contribution in [0.2, 0.25) is 10.0 Å². The Hall–Kier alpha value is -1.26. The van der Waals surface area contributed by atoms with Crippen molar-refractivity contribution in [1.29, 1.82) is 0 Å². The van der Waals surface area contributed by atoms with Crippen LogP contribution in [0.25, 0.3) is 0 Å². The Morgan fingerprint density at radius 2 is 1.86 bits per heavy atom. The number of aliphatic hydroxyl groups excluding tert-OH is 1. The predicted molar refractivity (Wildman–Crippen MR) is 86.1 cm³/mol. The number of para-hydroxylation sites is 1. The van der Waals surface area contributed by atoms with E-state index in [0.717, 1.165) is 11.3 Å². The highest BCUT2D eigenvalue weighted by molar-refractivity contribution is 6.35. The van der Waals surface area contributed by atoms with Crippen molar-refractivity contribution < 1.29 is 9.84 Å². The molecule has 3 nitrogen and oxygen atoms in total. The van der Waals surface area contributed by atoms with Crippen LogP contribution in [0.3, 0.4) is 0 Å². The lowest BCUT2D eigenvalue weighted by Crippen LogP contribution is -2.31. The molecule has 21 heavy (non-hydrogen) atoms. The lowest BCUT2D eigenvalue weighted by molar-refractivity contribution is 0.106. The lowest BCUT2D eigenvalue weighted by atomic mass is 10.2. The minimum absolute atomic E-state index is 0.241. The standard InChI is InChI=1S/C16H17Cl2NO2/c17-13-7-6-12(16(18)8-13)9-19-10-14(20)11-21-15-4-2-1-3-5-15/h1-8,14,19-20H,9-11H2. The summed E-state index contributed by atoms with van der Waals surface area (Å²) in [5.74, 6) is 0.747. The van der Waals surface area contributed by atoms with Crippen molar-refractivity contribution in [3.63, 3.8) is 0 Å². The monoisotopic (exact) mass is 325 g/mol. The van der Waals surface area contributed by atoms with Crippen molar-refractivity contribution in [3.05, 3.63) is 64.1 Å². The van der Waals surface area contributed by atoms with Crippen LogP contribution in [0.4, 0.5) is 0 Å². The molecule has 0 aliphatic heterocycles. The van der Waals surface area contributed by atoms with Crippen molar-refractivity contribution in [2.45, 2.75) is 12.6 Å². The van der Waals surface area contributed by atoms with Gasteiger partial charge in [0.05, 0.1) is 0 Å². The van der Waals surface area contributed by atoms with Gasteiger partial charge in [0.25, 0.3) is 0 Å². The lowest BCUT2D eigenvalue weighted by Gasteiger charge is -2.13. The zero-order valence-corrected chi connectivity index (χ0v) is 12.9. The first kappa shape index (κ1) is 16.1. The molecule has 0 aliphatic rings. The van der Waals surface area contributed by atoms with E-state index in [-0.39, 0.29) is 6.61 Å². The smallest absolute Gasteiger partial charge is 0.119 e. The van der Waals surface area contributed by atoms with Crippen LogP contribution < -0.4 is 10.1 Å². The van der Waals surface area contributed by atoms with E-state index in [2.05, 4.69) is 5.32 Å². The first-order valence-electron chi connectivity index (χ1n) is 6.65. The minimum atomic E-state index is -0.587. The van der Waals surface area contributed by atoms with Gasteiger partial charge >= 0.3 is 0 Å². The molecule has 2 aromatic rings. The van der Waals surface area contributed by atoms with Crippen molar-refractivity contribution in [1.82, 2.24) is 5.32 Å². The van der Waals surface area contributed by atoms with Gasteiger partial charge in [-0.3, -0.25) is 0 Å². The van der Waals surface area contributed by atoms with E-state index in [4.69, 9.17) is 27.9 Å². The van der Waals surface area contributed by atoms with E-state index in [1.165, 1.54) is 0 Å². The fourth-order valence-electron chi connectivity index (χ4n) is 1.81. The van der Waals surface area contributed by atoms with E-state index in [1.54, 1.807) is 12.1 Å². The summed E-state index contributed by atoms with van der Waals surface area (Å²) in [6.07, 6.45) is -0.587. The van der Waals surface area contributed by atoms with Gasteiger partial charge in [0.2, 0.25) is 0 Å². The molecule has 0 aromatic heterocycles. The molecule has 0 fully saturated rings. The number of rotatable bonds is 7. The summed E-state index contributed by atoms with van der Waals surface area (Å²) in [4.78, 5) is 0. The summed E-state index contributed by atoms with van der Waals surface area (Å²) >= 11 is 11.9. The molecule has 112 valence electrons. The van der Waals surface area contributed by atoms with Crippen molar-refractivity contribution in [3.8, 4) is 5.75 Å². The van der Waals surface area contributed by atoms with Gasteiger partial charge in [0.1, 0.15) is 18.5 Å². The largest absolute Gasteiger partial charge is 0.491 e. The Morgan fingerprint density at radius 3 is 2.57 bits per heavy atom. The fourth-order valence-corrected chi connectivity index (χ4v) is 2.28. The van der Waals surface area contributed by atoms with Crippen LogP contribution in [-0.4, -0.2) is 24.4 Å². The van der Waals surface area contributed by atoms with Crippen LogP contribution in [0.15, 0.2) is 48.5 Å². The molecule has 1 unspecified atom stereocenters. The maximum absolute atomic E-state index is 9.86. The zero-order valence-electron chi connectivity index (χ0n) is 11.4. The summed E-state index contributed by atoms with van der Waals surface area (Å²) in [5, 5.41) is 14.2. The summed E-state index contributed by atoms with van der Waals surface area (Å²) in [6, 6.07) is 14.8. The van der Waals surface area contributed by atoms with E-state index in [0.29, 0.717) is 23.1 Å². The first-order valence-corrected chi connectivity index (χ1v) is 7.41. The molecule has 2 N–H and O–H groups in total. The van der Waals surface area contributed by atoms with Crippen LogP contribution in [0.1, 0.15) is 5.56 Å². The molecular formula is C16H17Cl2NO2. The van der Waals surface area contributed by atoms with E-state index in [1.807, 2.05) is 36.4 Å². The first-order chi connectivity index (χ1) is 10.1. The third kappa shape index (κ3) is 5.56. The Labute approximate surface area is 134 Å². The molecule has 0 saturated carbocycles. The van der Waals surface area contributed by atoms with Crippen molar-refractivity contribution in [2.75, 3.05) is 13.2 Å². The van der Waals surface area contributed by atoms with E-state index >= 15 is 0 Å². The van der Waals surface area contributed by atoms with Gasteiger partial charge in [-0.05, 0) is 29.8 Å². The number of benzene rings is 2. The van der Waals surface area contributed by atoms with Gasteiger partial charge in [-0.25, -0.2) is 0 Å². The third-order valence-electron chi connectivity index (χ3n) is 2.90. The average Bonchev–Trinajstić information content (AvgIpc) is 2.48. The number of halogens is 2. The number of nitrogens with one attached hydrogen (secondary N) is 1. The summed E-state index contributed by atoms with van der Waals surface area (Å²) < 4.78 is 5.48. The number of aliphatic hydroxyl groups is 1. The number of hydrogen-bond acceptors (Lipinski definition) is 3. The average molecular weight is 326 g/mol. The molecule has 0 saturated heterocycles. The van der Waals surface area contributed by atoms with Gasteiger partial charge in [-0.1, -0.05) is 47.5 Å². The molecule has 0 bridgehead atoms. The molecule has 0 radical (unpaired) electrons. The van der Waals surface area contributed by atoms with Crippen LogP contribution in [0.5, 0.6) is 5.75 Å². The zero-order chi connectivity index (χ0) is 15.1. The topological polar surface area (TPSA) is 41.5 Å². The Morgan fingerprint density at radius 1 is 1.10 bits per heavy atom. The van der Waals surface area contributed by atoms with Gasteiger partial charge < -0.3 is 15.2 Å². The quantitative estimate of drug-likeness (QED) is 0.818. The SMILES string of the molecule is OC(CNCc1ccc(Cl)cc1Cl)COc1ccccc1. The molecule has 2 aromatic carbocycles. The normalized spacial score (nSPS) is 12.1. The summed E-state index contributed by atoms with van der Waals surface area (Å²) in [6.45, 7) is 1.23. The Bertz CT molecular complexity index is 563. The molecule has 2 rings (SSSR count). The van der Waals surface area contributed by atoms with Gasteiger partial charge in [-0.2, -0.15) is 0 Å². The molecule has 0 spiro atoms. The minimum Gasteiger partial charge on any atom is -0.491 e. The van der Waals surface area contributed by atoms with E-state index in [9.17, 15) is 5.11 Å². The van der Waals surface area contributed by atoms with Crippen LogP contribution >= 0.6 is 23.2 Å². The van der Waals surface area contributed by atoms with Crippen molar-refractivity contribution >= 4 is 23.2 Å². The van der Waals surface area contributed by atoms with Crippen LogP contribution in [-0.2, 0) is 6.54 Å². The highest BCUT2D eigenvalue weighted by Gasteiger charge is 2.06. The molecule has 1 atom stereocenters. The van der Waals surface area contributed by atoms with Crippen molar-refractivity contribution in [2.24, 2.45) is 0 Å². The second-order valence-electron chi connectivity index (χ2n) is 4.64. The van der Waals surface area contributed by atoms with Gasteiger partial charge in [-0.15, -0.1) is 0 Å². The highest BCUT2D eigenvalue weighted by atomic mass is 35.5.